The second kappa shape index (κ2) is 9.17. The molecule has 2 heterocycles. The van der Waals surface area contributed by atoms with E-state index in [4.69, 9.17) is 11.6 Å². The summed E-state index contributed by atoms with van der Waals surface area (Å²) >= 11 is 6.63. The molecule has 1 aliphatic heterocycles. The van der Waals surface area contributed by atoms with Gasteiger partial charge in [-0.2, -0.15) is 5.10 Å². The molecular weight excluding hydrogens is 362 g/mol. The minimum Gasteiger partial charge on any atom is -0.352 e. The van der Waals surface area contributed by atoms with Crippen LogP contribution in [0.15, 0.2) is 43.0 Å². The van der Waals surface area contributed by atoms with Crippen molar-refractivity contribution in [3.63, 3.8) is 0 Å². The van der Waals surface area contributed by atoms with E-state index in [9.17, 15) is 4.79 Å². The van der Waals surface area contributed by atoms with Crippen LogP contribution in [0.5, 0.6) is 0 Å². The maximum atomic E-state index is 11.8. The van der Waals surface area contributed by atoms with Gasteiger partial charge in [0.2, 0.25) is 5.91 Å². The van der Waals surface area contributed by atoms with Gasteiger partial charge in [-0.05, 0) is 19.1 Å². The third kappa shape index (κ3) is 4.97. The van der Waals surface area contributed by atoms with E-state index in [1.54, 1.807) is 10.8 Å². The van der Waals surface area contributed by atoms with E-state index in [-0.39, 0.29) is 5.91 Å². The maximum Gasteiger partial charge on any atom is 0.234 e. The Bertz CT molecular complexity index is 781. The molecule has 27 heavy (non-hydrogen) atoms. The Morgan fingerprint density at radius 2 is 1.89 bits per heavy atom. The number of amides is 1. The lowest BCUT2D eigenvalue weighted by Gasteiger charge is -2.34. The summed E-state index contributed by atoms with van der Waals surface area (Å²) in [4.78, 5) is 16.4. The zero-order valence-corrected chi connectivity index (χ0v) is 16.5. The fraction of sp³-hybridized carbons (Fsp3) is 0.400. The number of hydrogen-bond acceptors (Lipinski definition) is 4. The molecule has 0 radical (unpaired) electrons. The van der Waals surface area contributed by atoms with Crippen LogP contribution in [-0.4, -0.2) is 64.8 Å². The number of carbonyl (C=O) groups is 1. The van der Waals surface area contributed by atoms with Gasteiger partial charge in [-0.3, -0.25) is 14.6 Å². The zero-order valence-electron chi connectivity index (χ0n) is 15.7. The lowest BCUT2D eigenvalue weighted by Crippen LogP contribution is -2.49. The van der Waals surface area contributed by atoms with Crippen molar-refractivity contribution >= 4 is 17.5 Å². The van der Waals surface area contributed by atoms with Crippen molar-refractivity contribution in [2.75, 3.05) is 39.3 Å². The van der Waals surface area contributed by atoms with Crippen molar-refractivity contribution in [3.8, 4) is 5.69 Å². The number of hydrogen-bond donors (Lipinski definition) is 1. The Hall–Kier alpha value is -2.15. The van der Waals surface area contributed by atoms with Crippen molar-refractivity contribution in [2.45, 2.75) is 13.5 Å². The number of nitrogens with zero attached hydrogens (tertiary/aromatic N) is 4. The lowest BCUT2D eigenvalue weighted by atomic mass is 10.2. The van der Waals surface area contributed by atoms with E-state index in [0.717, 1.165) is 49.7 Å². The second-order valence-corrected chi connectivity index (χ2v) is 7.11. The molecule has 1 aromatic heterocycles. The lowest BCUT2D eigenvalue weighted by molar-refractivity contribution is -0.122. The van der Waals surface area contributed by atoms with E-state index in [1.807, 2.05) is 37.3 Å². The maximum absolute atomic E-state index is 11.8. The quantitative estimate of drug-likeness (QED) is 0.740. The van der Waals surface area contributed by atoms with Gasteiger partial charge in [0, 0.05) is 44.8 Å². The van der Waals surface area contributed by atoms with Gasteiger partial charge in [0.15, 0.2) is 0 Å². The van der Waals surface area contributed by atoms with Crippen LogP contribution in [0.2, 0.25) is 5.15 Å². The minimum absolute atomic E-state index is 0.0476. The molecule has 144 valence electrons. The standard InChI is InChI=1S/C20H26ClN5O/c1-3-9-22-19(27)15-25-12-10-24(11-13-25)14-18-16(2)23-26(20(18)21)17-7-5-4-6-8-17/h3-8H,1,9-15H2,2H3,(H,22,27). The highest BCUT2D eigenvalue weighted by molar-refractivity contribution is 6.30. The highest BCUT2D eigenvalue weighted by Gasteiger charge is 2.22. The first-order valence-corrected chi connectivity index (χ1v) is 9.58. The first-order chi connectivity index (χ1) is 13.1. The normalized spacial score (nSPS) is 15.6. The molecule has 1 aliphatic rings. The predicted molar refractivity (Wildman–Crippen MR) is 108 cm³/mol. The van der Waals surface area contributed by atoms with Crippen molar-refractivity contribution in [3.05, 3.63) is 59.4 Å². The summed E-state index contributed by atoms with van der Waals surface area (Å²) in [5.74, 6) is 0.0476. The van der Waals surface area contributed by atoms with E-state index in [2.05, 4.69) is 26.8 Å². The largest absolute Gasteiger partial charge is 0.352 e. The third-order valence-electron chi connectivity index (χ3n) is 4.78. The average Bonchev–Trinajstić information content (AvgIpc) is 2.97. The van der Waals surface area contributed by atoms with Gasteiger partial charge in [0.1, 0.15) is 5.15 Å². The minimum atomic E-state index is 0.0476. The molecule has 0 saturated carbocycles. The first-order valence-electron chi connectivity index (χ1n) is 9.20. The third-order valence-corrected chi connectivity index (χ3v) is 5.17. The molecule has 1 aromatic carbocycles. The molecule has 7 heteroatoms. The SMILES string of the molecule is C=CCNC(=O)CN1CCN(Cc2c(C)nn(-c3ccccc3)c2Cl)CC1. The van der Waals surface area contributed by atoms with Gasteiger partial charge in [-0.1, -0.05) is 35.9 Å². The highest BCUT2D eigenvalue weighted by Crippen LogP contribution is 2.25. The number of carbonyl (C=O) groups excluding carboxylic acids is 1. The molecule has 0 atom stereocenters. The van der Waals surface area contributed by atoms with Crippen LogP contribution >= 0.6 is 11.6 Å². The first kappa shape index (κ1) is 19.6. The number of halogens is 1. The van der Waals surface area contributed by atoms with Crippen LogP contribution in [0.3, 0.4) is 0 Å². The summed E-state index contributed by atoms with van der Waals surface area (Å²) in [6.45, 7) is 10.9. The predicted octanol–water partition coefficient (Wildman–Crippen LogP) is 2.25. The van der Waals surface area contributed by atoms with Gasteiger partial charge in [0.05, 0.1) is 17.9 Å². The molecule has 1 fully saturated rings. The van der Waals surface area contributed by atoms with Crippen LogP contribution in [0, 0.1) is 6.92 Å². The summed E-state index contributed by atoms with van der Waals surface area (Å²) in [5.41, 5.74) is 2.99. The van der Waals surface area contributed by atoms with Crippen LogP contribution < -0.4 is 5.32 Å². The molecule has 3 rings (SSSR count). The second-order valence-electron chi connectivity index (χ2n) is 6.75. The van der Waals surface area contributed by atoms with Gasteiger partial charge in [0.25, 0.3) is 0 Å². The number of aromatic nitrogens is 2. The molecular formula is C20H26ClN5O. The molecule has 0 bridgehead atoms. The van der Waals surface area contributed by atoms with Crippen LogP contribution in [-0.2, 0) is 11.3 Å². The summed E-state index contributed by atoms with van der Waals surface area (Å²) in [6.07, 6.45) is 1.69. The van der Waals surface area contributed by atoms with Gasteiger partial charge in [-0.25, -0.2) is 4.68 Å². The molecule has 6 nitrogen and oxygen atoms in total. The molecule has 2 aromatic rings. The Morgan fingerprint density at radius 1 is 1.22 bits per heavy atom. The van der Waals surface area contributed by atoms with Crippen LogP contribution in [0.25, 0.3) is 5.69 Å². The summed E-state index contributed by atoms with van der Waals surface area (Å²) in [7, 11) is 0. The van der Waals surface area contributed by atoms with Gasteiger partial charge < -0.3 is 5.32 Å². The molecule has 0 spiro atoms. The van der Waals surface area contributed by atoms with Gasteiger partial charge in [-0.15, -0.1) is 6.58 Å². The van der Waals surface area contributed by atoms with Crippen molar-refractivity contribution in [1.29, 1.82) is 0 Å². The Morgan fingerprint density at radius 3 is 2.56 bits per heavy atom. The number of aryl methyl sites for hydroxylation is 1. The Labute approximate surface area is 165 Å². The number of benzene rings is 1. The number of nitrogens with one attached hydrogen (secondary N) is 1. The smallest absolute Gasteiger partial charge is 0.234 e. The van der Waals surface area contributed by atoms with Crippen molar-refractivity contribution in [1.82, 2.24) is 24.9 Å². The fourth-order valence-electron chi connectivity index (χ4n) is 3.23. The van der Waals surface area contributed by atoms with E-state index in [0.29, 0.717) is 18.2 Å². The van der Waals surface area contributed by atoms with Crippen molar-refractivity contribution in [2.24, 2.45) is 0 Å². The molecule has 1 amide bonds. The molecule has 0 unspecified atom stereocenters. The van der Waals surface area contributed by atoms with Crippen molar-refractivity contribution < 1.29 is 4.79 Å². The zero-order chi connectivity index (χ0) is 19.2. The molecule has 1 N–H and O–H groups in total. The summed E-state index contributed by atoms with van der Waals surface area (Å²) in [6, 6.07) is 9.93. The number of rotatable bonds is 7. The fourth-order valence-corrected chi connectivity index (χ4v) is 3.56. The monoisotopic (exact) mass is 387 g/mol. The van der Waals surface area contributed by atoms with E-state index in [1.165, 1.54) is 0 Å². The molecule has 0 aliphatic carbocycles. The number of piperazine rings is 1. The van der Waals surface area contributed by atoms with E-state index < -0.39 is 0 Å². The van der Waals surface area contributed by atoms with Gasteiger partial charge >= 0.3 is 0 Å². The average molecular weight is 388 g/mol. The van der Waals surface area contributed by atoms with Crippen LogP contribution in [0.4, 0.5) is 0 Å². The Balaban J connectivity index is 1.57. The summed E-state index contributed by atoms with van der Waals surface area (Å²) < 4.78 is 1.80. The van der Waals surface area contributed by atoms with E-state index >= 15 is 0 Å². The summed E-state index contributed by atoms with van der Waals surface area (Å²) in [5, 5.41) is 8.11. The molecule has 1 saturated heterocycles. The topological polar surface area (TPSA) is 53.4 Å². The number of para-hydroxylation sites is 1. The van der Waals surface area contributed by atoms with Crippen LogP contribution in [0.1, 0.15) is 11.3 Å². The Kier molecular flexibility index (Phi) is 6.66. The highest BCUT2D eigenvalue weighted by atomic mass is 35.5.